The number of nitrogens with two attached hydrogens (primary N) is 1. The van der Waals surface area contributed by atoms with Crippen LogP contribution in [0.5, 0.6) is 5.75 Å². The van der Waals surface area contributed by atoms with Crippen molar-refractivity contribution >= 4 is 5.91 Å². The summed E-state index contributed by atoms with van der Waals surface area (Å²) < 4.78 is 5.19. The molecule has 0 bridgehead atoms. The second-order valence-electron chi connectivity index (χ2n) is 4.21. The van der Waals surface area contributed by atoms with E-state index in [-0.39, 0.29) is 5.91 Å². The number of carbonyl (C=O) groups excluding carboxylic acids is 1. The molecule has 0 atom stereocenters. The Balaban J connectivity index is 2.32. The van der Waals surface area contributed by atoms with Gasteiger partial charge in [-0.2, -0.15) is 0 Å². The number of carbonyl (C=O) groups is 1. The summed E-state index contributed by atoms with van der Waals surface area (Å²) in [4.78, 5) is 14.1. The van der Waals surface area contributed by atoms with Crippen LogP contribution < -0.4 is 10.5 Å². The van der Waals surface area contributed by atoms with E-state index in [0.717, 1.165) is 36.3 Å². The topological polar surface area (TPSA) is 55.6 Å². The summed E-state index contributed by atoms with van der Waals surface area (Å²) in [6, 6.07) is 5.65. The van der Waals surface area contributed by atoms with Gasteiger partial charge in [0.25, 0.3) is 5.91 Å². The maximum absolute atomic E-state index is 12.3. The molecule has 0 saturated heterocycles. The largest absolute Gasteiger partial charge is 0.497 e. The standard InChI is InChI=1S/C13H18N2O2/c1-17-11-4-5-12-10(9-11)3-2-7-15(8-6-14)13(12)16/h4-5,9H,2-3,6-8,14H2,1H3. The van der Waals surface area contributed by atoms with Crippen LogP contribution in [0.4, 0.5) is 0 Å². The van der Waals surface area contributed by atoms with Gasteiger partial charge in [0, 0.05) is 25.2 Å². The zero-order chi connectivity index (χ0) is 12.3. The van der Waals surface area contributed by atoms with Crippen LogP contribution in [0.2, 0.25) is 0 Å². The van der Waals surface area contributed by atoms with Gasteiger partial charge >= 0.3 is 0 Å². The second-order valence-corrected chi connectivity index (χ2v) is 4.21. The van der Waals surface area contributed by atoms with Crippen molar-refractivity contribution in [3.05, 3.63) is 29.3 Å². The van der Waals surface area contributed by atoms with Crippen LogP contribution in [0.1, 0.15) is 22.3 Å². The van der Waals surface area contributed by atoms with E-state index in [4.69, 9.17) is 10.5 Å². The van der Waals surface area contributed by atoms with Gasteiger partial charge in [0.1, 0.15) is 5.75 Å². The lowest BCUT2D eigenvalue weighted by molar-refractivity contribution is 0.0765. The SMILES string of the molecule is COc1ccc2c(c1)CCCN(CCN)C2=O. The van der Waals surface area contributed by atoms with Crippen LogP contribution in [-0.2, 0) is 6.42 Å². The number of nitrogens with zero attached hydrogens (tertiary/aromatic N) is 1. The van der Waals surface area contributed by atoms with E-state index in [1.54, 1.807) is 7.11 Å². The molecule has 4 heteroatoms. The minimum Gasteiger partial charge on any atom is -0.497 e. The predicted molar refractivity (Wildman–Crippen MR) is 66.3 cm³/mol. The fraction of sp³-hybridized carbons (Fsp3) is 0.462. The van der Waals surface area contributed by atoms with Gasteiger partial charge in [-0.15, -0.1) is 0 Å². The summed E-state index contributed by atoms with van der Waals surface area (Å²) in [6.45, 7) is 1.93. The fourth-order valence-corrected chi connectivity index (χ4v) is 2.21. The van der Waals surface area contributed by atoms with Crippen LogP contribution in [0, 0.1) is 0 Å². The minimum absolute atomic E-state index is 0.0885. The third-order valence-corrected chi connectivity index (χ3v) is 3.10. The number of benzene rings is 1. The summed E-state index contributed by atoms with van der Waals surface area (Å²) >= 11 is 0. The molecule has 0 radical (unpaired) electrons. The second kappa shape index (κ2) is 5.19. The Labute approximate surface area is 101 Å². The molecule has 0 fully saturated rings. The summed E-state index contributed by atoms with van der Waals surface area (Å²) in [5.41, 5.74) is 7.39. The molecule has 1 aliphatic rings. The maximum Gasteiger partial charge on any atom is 0.254 e. The predicted octanol–water partition coefficient (Wildman–Crippen LogP) is 1.04. The molecular formula is C13H18N2O2. The van der Waals surface area contributed by atoms with Crippen molar-refractivity contribution < 1.29 is 9.53 Å². The first-order chi connectivity index (χ1) is 8.26. The van der Waals surface area contributed by atoms with Gasteiger partial charge in [0.2, 0.25) is 0 Å². The molecule has 17 heavy (non-hydrogen) atoms. The van der Waals surface area contributed by atoms with E-state index < -0.39 is 0 Å². The van der Waals surface area contributed by atoms with E-state index in [1.165, 1.54) is 0 Å². The van der Waals surface area contributed by atoms with Crippen LogP contribution >= 0.6 is 0 Å². The summed E-state index contributed by atoms with van der Waals surface area (Å²) in [7, 11) is 1.64. The number of aryl methyl sites for hydroxylation is 1. The Bertz CT molecular complexity index is 418. The Morgan fingerprint density at radius 3 is 3.00 bits per heavy atom. The van der Waals surface area contributed by atoms with Crippen LogP contribution in [0.25, 0.3) is 0 Å². The highest BCUT2D eigenvalue weighted by atomic mass is 16.5. The number of methoxy groups -OCH3 is 1. The van der Waals surface area contributed by atoms with Gasteiger partial charge in [0.15, 0.2) is 0 Å². The van der Waals surface area contributed by atoms with Crippen molar-refractivity contribution in [3.8, 4) is 5.75 Å². The van der Waals surface area contributed by atoms with Gasteiger partial charge in [-0.05, 0) is 36.6 Å². The highest BCUT2D eigenvalue weighted by Gasteiger charge is 2.21. The quantitative estimate of drug-likeness (QED) is 0.850. The molecule has 0 unspecified atom stereocenters. The van der Waals surface area contributed by atoms with Crippen LogP contribution in [-0.4, -0.2) is 37.6 Å². The lowest BCUT2D eigenvalue weighted by Gasteiger charge is -2.19. The molecule has 0 saturated carbocycles. The molecule has 2 rings (SSSR count). The van der Waals surface area contributed by atoms with Gasteiger partial charge in [-0.25, -0.2) is 0 Å². The first-order valence-electron chi connectivity index (χ1n) is 5.92. The lowest BCUT2D eigenvalue weighted by Crippen LogP contribution is -2.35. The van der Waals surface area contributed by atoms with Crippen molar-refractivity contribution in [2.45, 2.75) is 12.8 Å². The molecule has 4 nitrogen and oxygen atoms in total. The number of ether oxygens (including phenoxy) is 1. The summed E-state index contributed by atoms with van der Waals surface area (Å²) in [6.07, 6.45) is 1.89. The first-order valence-corrected chi connectivity index (χ1v) is 5.92. The van der Waals surface area contributed by atoms with Crippen molar-refractivity contribution in [2.75, 3.05) is 26.7 Å². The number of fused-ring (bicyclic) bond motifs is 1. The van der Waals surface area contributed by atoms with Crippen molar-refractivity contribution in [1.82, 2.24) is 4.90 Å². The normalized spacial score (nSPS) is 15.4. The number of hydrogen-bond donors (Lipinski definition) is 1. The van der Waals surface area contributed by atoms with E-state index in [1.807, 2.05) is 23.1 Å². The zero-order valence-electron chi connectivity index (χ0n) is 10.1. The molecule has 0 aliphatic carbocycles. The van der Waals surface area contributed by atoms with Crippen LogP contribution in [0.3, 0.4) is 0 Å². The van der Waals surface area contributed by atoms with E-state index >= 15 is 0 Å². The maximum atomic E-state index is 12.3. The van der Waals surface area contributed by atoms with Gasteiger partial charge < -0.3 is 15.4 Å². The highest BCUT2D eigenvalue weighted by molar-refractivity contribution is 5.96. The van der Waals surface area contributed by atoms with E-state index in [2.05, 4.69) is 0 Å². The molecule has 1 aromatic carbocycles. The van der Waals surface area contributed by atoms with E-state index in [0.29, 0.717) is 13.1 Å². The minimum atomic E-state index is 0.0885. The molecule has 0 spiro atoms. The third-order valence-electron chi connectivity index (χ3n) is 3.10. The average molecular weight is 234 g/mol. The monoisotopic (exact) mass is 234 g/mol. The van der Waals surface area contributed by atoms with Gasteiger partial charge in [0.05, 0.1) is 7.11 Å². The van der Waals surface area contributed by atoms with Gasteiger partial charge in [-0.3, -0.25) is 4.79 Å². The van der Waals surface area contributed by atoms with Crippen molar-refractivity contribution in [1.29, 1.82) is 0 Å². The van der Waals surface area contributed by atoms with Crippen LogP contribution in [0.15, 0.2) is 18.2 Å². The molecule has 0 aromatic heterocycles. The Morgan fingerprint density at radius 2 is 2.29 bits per heavy atom. The Kier molecular flexibility index (Phi) is 3.64. The molecule has 92 valence electrons. The molecular weight excluding hydrogens is 216 g/mol. The molecule has 2 N–H and O–H groups in total. The molecule has 1 amide bonds. The summed E-state index contributed by atoms with van der Waals surface area (Å²) in [5.74, 6) is 0.898. The van der Waals surface area contributed by atoms with Crippen molar-refractivity contribution in [3.63, 3.8) is 0 Å². The Morgan fingerprint density at radius 1 is 1.47 bits per heavy atom. The first kappa shape index (κ1) is 11.9. The number of amides is 1. The zero-order valence-corrected chi connectivity index (χ0v) is 10.1. The smallest absolute Gasteiger partial charge is 0.254 e. The molecule has 1 aromatic rings. The fourth-order valence-electron chi connectivity index (χ4n) is 2.21. The lowest BCUT2D eigenvalue weighted by atomic mass is 10.0. The number of rotatable bonds is 3. The number of hydrogen-bond acceptors (Lipinski definition) is 3. The Hall–Kier alpha value is -1.55. The molecule has 1 heterocycles. The van der Waals surface area contributed by atoms with Gasteiger partial charge in [-0.1, -0.05) is 0 Å². The molecule has 1 aliphatic heterocycles. The van der Waals surface area contributed by atoms with E-state index in [9.17, 15) is 4.79 Å². The highest BCUT2D eigenvalue weighted by Crippen LogP contribution is 2.23. The summed E-state index contributed by atoms with van der Waals surface area (Å²) in [5, 5.41) is 0. The average Bonchev–Trinajstić information content (AvgIpc) is 2.50. The van der Waals surface area contributed by atoms with Crippen molar-refractivity contribution in [2.24, 2.45) is 5.73 Å². The third kappa shape index (κ3) is 2.42.